The van der Waals surface area contributed by atoms with Crippen LogP contribution >= 0.6 is 11.3 Å². The standard InChI is InChI=1S/C23H30N2O3S/c1-23(2)7-6-19-18(13-23)20(22(26)27)21(29-19)17-5-4-16(12-15(17)14-24-3)25-8-10-28-11-9-25/h4-5,12,24H,6-11,13-14H2,1-3H3,(H,26,27). The number of carbonyl (C=O) groups is 1. The molecule has 0 bridgehead atoms. The lowest BCUT2D eigenvalue weighted by molar-refractivity contribution is 0.0696. The van der Waals surface area contributed by atoms with Crippen LogP contribution in [0.5, 0.6) is 0 Å². The summed E-state index contributed by atoms with van der Waals surface area (Å²) in [6.45, 7) is 8.47. The molecule has 2 aromatic rings. The summed E-state index contributed by atoms with van der Waals surface area (Å²) in [5.74, 6) is -0.803. The topological polar surface area (TPSA) is 61.8 Å². The summed E-state index contributed by atoms with van der Waals surface area (Å²) in [5, 5.41) is 13.4. The van der Waals surface area contributed by atoms with Gasteiger partial charge in [-0.2, -0.15) is 0 Å². The zero-order valence-electron chi connectivity index (χ0n) is 17.5. The van der Waals surface area contributed by atoms with E-state index in [2.05, 4.69) is 42.3 Å². The fourth-order valence-electron chi connectivity index (χ4n) is 4.49. The molecule has 1 aromatic heterocycles. The van der Waals surface area contributed by atoms with Gasteiger partial charge in [-0.1, -0.05) is 19.9 Å². The van der Waals surface area contributed by atoms with Crippen molar-refractivity contribution >= 4 is 23.0 Å². The van der Waals surface area contributed by atoms with Crippen molar-refractivity contribution in [2.45, 2.75) is 39.7 Å². The van der Waals surface area contributed by atoms with Gasteiger partial charge in [0.2, 0.25) is 0 Å². The summed E-state index contributed by atoms with van der Waals surface area (Å²) in [7, 11) is 1.94. The maximum atomic E-state index is 12.3. The zero-order chi connectivity index (χ0) is 20.6. The molecule has 0 saturated carbocycles. The third-order valence-electron chi connectivity index (χ3n) is 6.07. The number of nitrogens with one attached hydrogen (secondary N) is 1. The van der Waals surface area contributed by atoms with Crippen LogP contribution in [0.1, 0.15) is 46.6 Å². The molecule has 6 heteroatoms. The first-order valence-electron chi connectivity index (χ1n) is 10.4. The monoisotopic (exact) mass is 414 g/mol. The van der Waals surface area contributed by atoms with E-state index in [9.17, 15) is 9.90 Å². The van der Waals surface area contributed by atoms with E-state index in [1.54, 1.807) is 11.3 Å². The Bertz CT molecular complexity index is 913. The van der Waals surface area contributed by atoms with Gasteiger partial charge in [0.1, 0.15) is 0 Å². The summed E-state index contributed by atoms with van der Waals surface area (Å²) in [4.78, 5) is 16.8. The Balaban J connectivity index is 1.79. The molecule has 0 unspecified atom stereocenters. The SMILES string of the molecule is CNCc1cc(N2CCOCC2)ccc1-c1sc2c(c1C(=O)O)CC(C)(C)CC2. The highest BCUT2D eigenvalue weighted by Gasteiger charge is 2.33. The molecule has 1 saturated heterocycles. The van der Waals surface area contributed by atoms with E-state index in [0.29, 0.717) is 12.1 Å². The molecule has 0 amide bonds. The first-order valence-corrected chi connectivity index (χ1v) is 11.2. The molecule has 4 rings (SSSR count). The van der Waals surface area contributed by atoms with Gasteiger partial charge in [-0.15, -0.1) is 11.3 Å². The van der Waals surface area contributed by atoms with Gasteiger partial charge in [-0.3, -0.25) is 0 Å². The van der Waals surface area contributed by atoms with E-state index in [0.717, 1.165) is 67.1 Å². The number of hydrogen-bond donors (Lipinski definition) is 2. The molecule has 0 spiro atoms. The van der Waals surface area contributed by atoms with E-state index < -0.39 is 5.97 Å². The number of ether oxygens (including phenoxy) is 1. The average molecular weight is 415 g/mol. The van der Waals surface area contributed by atoms with Crippen LogP contribution in [0, 0.1) is 5.41 Å². The molecule has 0 radical (unpaired) electrons. The summed E-state index contributed by atoms with van der Waals surface area (Å²) >= 11 is 1.68. The number of benzene rings is 1. The second kappa shape index (κ2) is 8.09. The fourth-order valence-corrected chi connectivity index (χ4v) is 5.86. The predicted octanol–water partition coefficient (Wildman–Crippen LogP) is 4.18. The van der Waals surface area contributed by atoms with Gasteiger partial charge in [0.25, 0.3) is 0 Å². The zero-order valence-corrected chi connectivity index (χ0v) is 18.3. The number of fused-ring (bicyclic) bond motifs is 1. The van der Waals surface area contributed by atoms with Crippen LogP contribution in [-0.2, 0) is 24.1 Å². The third kappa shape index (κ3) is 4.06. The molecule has 1 aliphatic carbocycles. The van der Waals surface area contributed by atoms with E-state index in [1.165, 1.54) is 10.6 Å². The number of rotatable bonds is 5. The maximum absolute atomic E-state index is 12.3. The number of thiophene rings is 1. The minimum Gasteiger partial charge on any atom is -0.478 e. The van der Waals surface area contributed by atoms with Crippen molar-refractivity contribution in [1.82, 2.24) is 5.32 Å². The van der Waals surface area contributed by atoms with Gasteiger partial charge in [0, 0.05) is 35.1 Å². The van der Waals surface area contributed by atoms with Gasteiger partial charge in [-0.25, -0.2) is 4.79 Å². The van der Waals surface area contributed by atoms with Crippen molar-refractivity contribution in [3.63, 3.8) is 0 Å². The summed E-state index contributed by atoms with van der Waals surface area (Å²) in [6.07, 6.45) is 2.92. The second-order valence-corrected chi connectivity index (χ2v) is 9.93. The molecule has 0 atom stereocenters. The Kier molecular flexibility index (Phi) is 5.69. The number of morpholine rings is 1. The summed E-state index contributed by atoms with van der Waals surface area (Å²) in [5.41, 5.74) is 5.11. The van der Waals surface area contributed by atoms with Gasteiger partial charge >= 0.3 is 5.97 Å². The van der Waals surface area contributed by atoms with Crippen molar-refractivity contribution in [3.8, 4) is 10.4 Å². The quantitative estimate of drug-likeness (QED) is 0.768. The molecule has 5 nitrogen and oxygen atoms in total. The molecule has 1 fully saturated rings. The van der Waals surface area contributed by atoms with Crippen molar-refractivity contribution in [2.75, 3.05) is 38.3 Å². The number of anilines is 1. The average Bonchev–Trinajstić information content (AvgIpc) is 3.06. The van der Waals surface area contributed by atoms with Crippen molar-refractivity contribution < 1.29 is 14.6 Å². The summed E-state index contributed by atoms with van der Waals surface area (Å²) < 4.78 is 5.48. The van der Waals surface area contributed by atoms with Crippen LogP contribution in [0.15, 0.2) is 18.2 Å². The van der Waals surface area contributed by atoms with E-state index >= 15 is 0 Å². The molecule has 1 aromatic carbocycles. The predicted molar refractivity (Wildman–Crippen MR) is 118 cm³/mol. The smallest absolute Gasteiger partial charge is 0.337 e. The van der Waals surface area contributed by atoms with Crippen LogP contribution in [0.4, 0.5) is 5.69 Å². The van der Waals surface area contributed by atoms with Crippen molar-refractivity contribution in [2.24, 2.45) is 5.41 Å². The number of carboxylic acids is 1. The lowest BCUT2D eigenvalue weighted by Crippen LogP contribution is -2.36. The lowest BCUT2D eigenvalue weighted by atomic mass is 9.76. The summed E-state index contributed by atoms with van der Waals surface area (Å²) in [6, 6.07) is 6.46. The lowest BCUT2D eigenvalue weighted by Gasteiger charge is -2.29. The largest absolute Gasteiger partial charge is 0.478 e. The molecular formula is C23H30N2O3S. The molecule has 29 heavy (non-hydrogen) atoms. The Labute approximate surface area is 176 Å². The molecule has 156 valence electrons. The van der Waals surface area contributed by atoms with Gasteiger partial charge in [0.05, 0.1) is 18.8 Å². The number of carboxylic acid groups (broad SMARTS) is 1. The third-order valence-corrected chi connectivity index (χ3v) is 7.39. The van der Waals surface area contributed by atoms with Crippen LogP contribution in [-0.4, -0.2) is 44.4 Å². The van der Waals surface area contributed by atoms with E-state index in [-0.39, 0.29) is 5.41 Å². The van der Waals surface area contributed by atoms with Crippen LogP contribution in [0.2, 0.25) is 0 Å². The number of aryl methyl sites for hydroxylation is 1. The Hall–Kier alpha value is -1.89. The number of hydrogen-bond acceptors (Lipinski definition) is 5. The second-order valence-electron chi connectivity index (χ2n) is 8.83. The first-order chi connectivity index (χ1) is 13.9. The highest BCUT2D eigenvalue weighted by atomic mass is 32.1. The number of nitrogens with zero attached hydrogens (tertiary/aromatic N) is 1. The van der Waals surface area contributed by atoms with Crippen LogP contribution < -0.4 is 10.2 Å². The maximum Gasteiger partial charge on any atom is 0.337 e. The Morgan fingerprint density at radius 2 is 2.07 bits per heavy atom. The highest BCUT2D eigenvalue weighted by Crippen LogP contribution is 2.46. The molecule has 2 N–H and O–H groups in total. The molecule has 2 aliphatic rings. The Morgan fingerprint density at radius 3 is 2.76 bits per heavy atom. The first kappa shape index (κ1) is 20.4. The van der Waals surface area contributed by atoms with Crippen LogP contribution in [0.25, 0.3) is 10.4 Å². The normalized spacial score (nSPS) is 18.5. The Morgan fingerprint density at radius 1 is 1.31 bits per heavy atom. The van der Waals surface area contributed by atoms with Crippen molar-refractivity contribution in [1.29, 1.82) is 0 Å². The van der Waals surface area contributed by atoms with Gasteiger partial charge < -0.3 is 20.1 Å². The van der Waals surface area contributed by atoms with E-state index in [4.69, 9.17) is 4.74 Å². The minimum atomic E-state index is -0.803. The van der Waals surface area contributed by atoms with Crippen molar-refractivity contribution in [3.05, 3.63) is 39.8 Å². The fraction of sp³-hybridized carbons (Fsp3) is 0.522. The number of aromatic carboxylic acids is 1. The highest BCUT2D eigenvalue weighted by molar-refractivity contribution is 7.16. The van der Waals surface area contributed by atoms with E-state index in [1.807, 2.05) is 7.05 Å². The molecular weight excluding hydrogens is 384 g/mol. The molecule has 1 aliphatic heterocycles. The van der Waals surface area contributed by atoms with Gasteiger partial charge in [-0.05, 0) is 60.5 Å². The van der Waals surface area contributed by atoms with Crippen LogP contribution in [0.3, 0.4) is 0 Å². The molecule has 2 heterocycles. The minimum absolute atomic E-state index is 0.156. The van der Waals surface area contributed by atoms with Gasteiger partial charge in [0.15, 0.2) is 0 Å².